The minimum atomic E-state index is -0.372. The van der Waals surface area contributed by atoms with Crippen molar-refractivity contribution in [1.82, 2.24) is 9.55 Å². The highest BCUT2D eigenvalue weighted by Crippen LogP contribution is 2.29. The summed E-state index contributed by atoms with van der Waals surface area (Å²) < 4.78 is 2.90. The number of aryl methyl sites for hydroxylation is 3. The number of nitrogens with two attached hydrogens (primary N) is 1. The Bertz CT molecular complexity index is 1050. The molecule has 1 amide bonds. The summed E-state index contributed by atoms with van der Waals surface area (Å²) in [6.07, 6.45) is 0.190. The van der Waals surface area contributed by atoms with Gasteiger partial charge in [-0.2, -0.15) is 0 Å². The van der Waals surface area contributed by atoms with Crippen LogP contribution >= 0.6 is 23.1 Å². The van der Waals surface area contributed by atoms with Crippen molar-refractivity contribution in [1.29, 1.82) is 0 Å². The number of hydrogen-bond donors (Lipinski definition) is 1. The Labute approximate surface area is 173 Å². The first-order valence-electron chi connectivity index (χ1n) is 8.93. The molecular formula is C21H23N3O2S2. The summed E-state index contributed by atoms with van der Waals surface area (Å²) in [6, 6.07) is 10.2. The van der Waals surface area contributed by atoms with Gasteiger partial charge in [-0.1, -0.05) is 23.9 Å². The first-order chi connectivity index (χ1) is 13.3. The van der Waals surface area contributed by atoms with Gasteiger partial charge in [0.1, 0.15) is 0 Å². The fraction of sp³-hybridized carbons (Fsp3) is 0.286. The standard InChI is InChI=1S/C21H23N3O2S2/c1-12-6-5-7-16(8-12)24-13(2)9-17(15(24)4)18(25)11-27-21-23-14(3)19(28-21)10-20(22)26/h5-9H,10-11H2,1-4H3,(H2,22,26). The molecule has 0 saturated carbocycles. The second-order valence-corrected chi connectivity index (χ2v) is 9.11. The lowest BCUT2D eigenvalue weighted by Crippen LogP contribution is -2.13. The summed E-state index contributed by atoms with van der Waals surface area (Å²) in [6.45, 7) is 7.91. The van der Waals surface area contributed by atoms with Crippen molar-refractivity contribution < 1.29 is 9.59 Å². The van der Waals surface area contributed by atoms with E-state index in [4.69, 9.17) is 5.73 Å². The van der Waals surface area contributed by atoms with Gasteiger partial charge in [-0.05, 0) is 51.5 Å². The van der Waals surface area contributed by atoms with Crippen LogP contribution in [0.25, 0.3) is 5.69 Å². The van der Waals surface area contributed by atoms with E-state index >= 15 is 0 Å². The summed E-state index contributed by atoms with van der Waals surface area (Å²) in [5.41, 5.74) is 11.0. The number of carbonyl (C=O) groups is 2. The zero-order valence-electron chi connectivity index (χ0n) is 16.4. The predicted octanol–water partition coefficient (Wildman–Crippen LogP) is 4.17. The first kappa shape index (κ1) is 20.4. The predicted molar refractivity (Wildman–Crippen MR) is 115 cm³/mol. The van der Waals surface area contributed by atoms with Crippen molar-refractivity contribution in [3.05, 3.63) is 63.4 Å². The number of carbonyl (C=O) groups excluding carboxylic acids is 2. The van der Waals surface area contributed by atoms with E-state index in [1.165, 1.54) is 28.7 Å². The third-order valence-corrected chi connectivity index (χ3v) is 6.83. The van der Waals surface area contributed by atoms with Crippen LogP contribution in [0, 0.1) is 27.7 Å². The van der Waals surface area contributed by atoms with Gasteiger partial charge in [-0.3, -0.25) is 9.59 Å². The van der Waals surface area contributed by atoms with E-state index in [0.717, 1.165) is 37.5 Å². The number of benzene rings is 1. The van der Waals surface area contributed by atoms with Gasteiger partial charge in [0.25, 0.3) is 0 Å². The van der Waals surface area contributed by atoms with Crippen molar-refractivity contribution >= 4 is 34.8 Å². The molecule has 5 nitrogen and oxygen atoms in total. The third-order valence-electron chi connectivity index (χ3n) is 4.53. The van der Waals surface area contributed by atoms with E-state index < -0.39 is 0 Å². The number of Topliss-reactive ketones (excluding diaryl/α,β-unsaturated/α-hetero) is 1. The number of aromatic nitrogens is 2. The van der Waals surface area contributed by atoms with Gasteiger partial charge in [0.15, 0.2) is 10.1 Å². The Morgan fingerprint density at radius 2 is 1.93 bits per heavy atom. The van der Waals surface area contributed by atoms with Gasteiger partial charge < -0.3 is 10.3 Å². The molecule has 2 heterocycles. The molecule has 3 rings (SSSR count). The number of nitrogens with zero attached hydrogens (tertiary/aromatic N) is 2. The van der Waals surface area contributed by atoms with Gasteiger partial charge in [0.2, 0.25) is 5.91 Å². The highest BCUT2D eigenvalue weighted by atomic mass is 32.2. The molecule has 0 unspecified atom stereocenters. The van der Waals surface area contributed by atoms with Crippen molar-refractivity contribution in [2.75, 3.05) is 5.75 Å². The number of hydrogen-bond acceptors (Lipinski definition) is 5. The smallest absolute Gasteiger partial charge is 0.222 e. The normalized spacial score (nSPS) is 11.0. The van der Waals surface area contributed by atoms with E-state index in [1.807, 2.05) is 32.9 Å². The maximum absolute atomic E-state index is 12.8. The second-order valence-electron chi connectivity index (χ2n) is 6.80. The van der Waals surface area contributed by atoms with Gasteiger partial charge in [0.05, 0.1) is 17.9 Å². The molecule has 0 aliphatic heterocycles. The number of primary amides is 1. The Morgan fingerprint density at radius 1 is 1.18 bits per heavy atom. The molecule has 3 aromatic rings. The van der Waals surface area contributed by atoms with Crippen molar-refractivity contribution in [3.63, 3.8) is 0 Å². The molecule has 7 heteroatoms. The second kappa shape index (κ2) is 8.32. The summed E-state index contributed by atoms with van der Waals surface area (Å²) in [5, 5.41) is 0. The topological polar surface area (TPSA) is 78.0 Å². The number of thioether (sulfide) groups is 1. The molecule has 0 atom stereocenters. The number of amides is 1. The zero-order valence-corrected chi connectivity index (χ0v) is 18.0. The summed E-state index contributed by atoms with van der Waals surface area (Å²) >= 11 is 2.83. The van der Waals surface area contributed by atoms with E-state index in [2.05, 4.69) is 34.7 Å². The van der Waals surface area contributed by atoms with Gasteiger partial charge in [-0.15, -0.1) is 11.3 Å². The molecule has 0 radical (unpaired) electrons. The molecule has 28 heavy (non-hydrogen) atoms. The quantitative estimate of drug-likeness (QED) is 0.466. The SMILES string of the molecule is Cc1cccc(-n2c(C)cc(C(=O)CSc3nc(C)c(CC(N)=O)s3)c2C)c1. The third kappa shape index (κ3) is 4.36. The van der Waals surface area contributed by atoms with Crippen LogP contribution in [0.5, 0.6) is 0 Å². The lowest BCUT2D eigenvalue weighted by molar-refractivity contribution is -0.117. The van der Waals surface area contributed by atoms with Crippen LogP contribution < -0.4 is 5.73 Å². The molecule has 2 N–H and O–H groups in total. The Morgan fingerprint density at radius 3 is 2.61 bits per heavy atom. The van der Waals surface area contributed by atoms with Gasteiger partial charge >= 0.3 is 0 Å². The summed E-state index contributed by atoms with van der Waals surface area (Å²) in [4.78, 5) is 29.3. The van der Waals surface area contributed by atoms with Gasteiger partial charge in [-0.25, -0.2) is 4.98 Å². The van der Waals surface area contributed by atoms with E-state index in [1.54, 1.807) is 0 Å². The molecule has 0 fully saturated rings. The van der Waals surface area contributed by atoms with E-state index in [-0.39, 0.29) is 18.1 Å². The fourth-order valence-corrected chi connectivity index (χ4v) is 5.33. The average molecular weight is 414 g/mol. The zero-order chi connectivity index (χ0) is 20.4. The molecule has 0 aliphatic rings. The summed E-state index contributed by atoms with van der Waals surface area (Å²) in [5.74, 6) is 0.00502. The lowest BCUT2D eigenvalue weighted by Gasteiger charge is -2.10. The maximum Gasteiger partial charge on any atom is 0.222 e. The number of rotatable bonds is 7. The molecule has 2 aromatic heterocycles. The van der Waals surface area contributed by atoms with Crippen molar-refractivity contribution in [3.8, 4) is 5.69 Å². The highest BCUT2D eigenvalue weighted by Gasteiger charge is 2.18. The van der Waals surface area contributed by atoms with E-state index in [0.29, 0.717) is 5.75 Å². The molecule has 0 saturated heterocycles. The van der Waals surface area contributed by atoms with Gasteiger partial charge in [0, 0.05) is 27.5 Å². The van der Waals surface area contributed by atoms with Crippen LogP contribution in [0.2, 0.25) is 0 Å². The molecule has 0 aliphatic carbocycles. The summed E-state index contributed by atoms with van der Waals surface area (Å²) in [7, 11) is 0. The van der Waals surface area contributed by atoms with Crippen LogP contribution in [0.4, 0.5) is 0 Å². The number of thiazole rings is 1. The monoisotopic (exact) mass is 413 g/mol. The minimum Gasteiger partial charge on any atom is -0.369 e. The molecule has 1 aromatic carbocycles. The minimum absolute atomic E-state index is 0.0707. The maximum atomic E-state index is 12.8. The average Bonchev–Trinajstić information content (AvgIpc) is 3.11. The van der Waals surface area contributed by atoms with Crippen LogP contribution in [0.1, 0.15) is 37.9 Å². The highest BCUT2D eigenvalue weighted by molar-refractivity contribution is 8.01. The van der Waals surface area contributed by atoms with Crippen LogP contribution in [0.3, 0.4) is 0 Å². The Hall–Kier alpha value is -2.38. The van der Waals surface area contributed by atoms with Crippen LogP contribution in [0.15, 0.2) is 34.7 Å². The molecule has 0 bridgehead atoms. The fourth-order valence-electron chi connectivity index (χ4n) is 3.20. The number of ketones is 1. The first-order valence-corrected chi connectivity index (χ1v) is 10.7. The van der Waals surface area contributed by atoms with Crippen LogP contribution in [-0.4, -0.2) is 27.0 Å². The van der Waals surface area contributed by atoms with Crippen molar-refractivity contribution in [2.24, 2.45) is 5.73 Å². The lowest BCUT2D eigenvalue weighted by atomic mass is 10.2. The molecular weight excluding hydrogens is 390 g/mol. The largest absolute Gasteiger partial charge is 0.369 e. The Balaban J connectivity index is 1.77. The Kier molecular flexibility index (Phi) is 6.05. The molecule has 0 spiro atoms. The molecule has 146 valence electrons. The van der Waals surface area contributed by atoms with Crippen molar-refractivity contribution in [2.45, 2.75) is 38.5 Å². The van der Waals surface area contributed by atoms with Crippen LogP contribution in [-0.2, 0) is 11.2 Å². The van der Waals surface area contributed by atoms with E-state index in [9.17, 15) is 9.59 Å².